The first-order valence-corrected chi connectivity index (χ1v) is 3.52. The first kappa shape index (κ1) is 8.28. The Bertz CT molecular complexity index is 287. The van der Waals surface area contributed by atoms with E-state index in [-0.39, 0.29) is 0 Å². The van der Waals surface area contributed by atoms with E-state index in [1.807, 2.05) is 18.2 Å². The molecule has 0 aliphatic heterocycles. The van der Waals surface area contributed by atoms with Crippen LogP contribution in [-0.2, 0) is 0 Å². The van der Waals surface area contributed by atoms with Crippen LogP contribution in [0.4, 0.5) is 0 Å². The zero-order chi connectivity index (χ0) is 8.65. The van der Waals surface area contributed by atoms with E-state index in [2.05, 4.69) is 4.98 Å². The highest BCUT2D eigenvalue weighted by molar-refractivity contribution is 5.10. The number of hydrogen-bond donors (Lipinski definition) is 0. The van der Waals surface area contributed by atoms with Crippen molar-refractivity contribution in [3.8, 4) is 11.9 Å². The Morgan fingerprint density at radius 1 is 1.58 bits per heavy atom. The number of nitriles is 1. The van der Waals surface area contributed by atoms with Gasteiger partial charge in [0.05, 0.1) is 6.07 Å². The van der Waals surface area contributed by atoms with E-state index >= 15 is 0 Å². The molecule has 0 N–H and O–H groups in total. The van der Waals surface area contributed by atoms with Crippen LogP contribution in [0.3, 0.4) is 0 Å². The van der Waals surface area contributed by atoms with E-state index in [1.165, 1.54) is 6.08 Å². The van der Waals surface area contributed by atoms with Gasteiger partial charge in [-0.25, -0.2) is 4.98 Å². The van der Waals surface area contributed by atoms with Crippen molar-refractivity contribution in [2.24, 2.45) is 0 Å². The molecule has 1 heterocycles. The molecule has 1 aromatic rings. The van der Waals surface area contributed by atoms with E-state index in [0.717, 1.165) is 0 Å². The van der Waals surface area contributed by atoms with Crippen molar-refractivity contribution in [1.82, 2.24) is 4.98 Å². The summed E-state index contributed by atoms with van der Waals surface area (Å²) < 4.78 is 5.16. The van der Waals surface area contributed by atoms with Gasteiger partial charge >= 0.3 is 0 Å². The molecule has 0 saturated heterocycles. The third kappa shape index (κ3) is 2.84. The molecule has 0 amide bonds. The molecular weight excluding hydrogens is 152 g/mol. The van der Waals surface area contributed by atoms with Gasteiger partial charge in [-0.05, 0) is 12.1 Å². The molecule has 0 radical (unpaired) electrons. The summed E-state index contributed by atoms with van der Waals surface area (Å²) >= 11 is 0. The fraction of sp³-hybridized carbons (Fsp3) is 0.111. The van der Waals surface area contributed by atoms with Gasteiger partial charge in [0.2, 0.25) is 5.88 Å². The van der Waals surface area contributed by atoms with Crippen molar-refractivity contribution >= 4 is 0 Å². The summed E-state index contributed by atoms with van der Waals surface area (Å²) in [6.45, 7) is 0.380. The molecule has 0 aliphatic carbocycles. The monoisotopic (exact) mass is 160 g/mol. The summed E-state index contributed by atoms with van der Waals surface area (Å²) in [5.74, 6) is 0.570. The van der Waals surface area contributed by atoms with Gasteiger partial charge in [-0.2, -0.15) is 5.26 Å². The quantitative estimate of drug-likeness (QED) is 0.630. The highest BCUT2D eigenvalue weighted by Crippen LogP contribution is 2.02. The van der Waals surface area contributed by atoms with Crippen LogP contribution in [0.1, 0.15) is 0 Å². The van der Waals surface area contributed by atoms with Crippen LogP contribution in [-0.4, -0.2) is 11.6 Å². The molecule has 0 atom stereocenters. The molecule has 60 valence electrons. The lowest BCUT2D eigenvalue weighted by atomic mass is 10.5. The first-order chi connectivity index (χ1) is 5.93. The van der Waals surface area contributed by atoms with Gasteiger partial charge in [0.25, 0.3) is 0 Å². The SMILES string of the molecule is N#C/C=C/COc1ccccn1. The summed E-state index contributed by atoms with van der Waals surface area (Å²) in [4.78, 5) is 3.94. The fourth-order valence-corrected chi connectivity index (χ4v) is 0.667. The average Bonchev–Trinajstić information content (AvgIpc) is 2.14. The average molecular weight is 160 g/mol. The predicted octanol–water partition coefficient (Wildman–Crippen LogP) is 1.54. The second-order valence-electron chi connectivity index (χ2n) is 2.01. The van der Waals surface area contributed by atoms with Crippen LogP contribution in [0.2, 0.25) is 0 Å². The molecule has 12 heavy (non-hydrogen) atoms. The van der Waals surface area contributed by atoms with Gasteiger partial charge in [-0.3, -0.25) is 0 Å². The third-order valence-electron chi connectivity index (χ3n) is 1.16. The molecule has 3 heteroatoms. The maximum atomic E-state index is 8.16. The zero-order valence-electron chi connectivity index (χ0n) is 6.47. The Kier molecular flexibility index (Phi) is 3.39. The van der Waals surface area contributed by atoms with Gasteiger partial charge in [0.1, 0.15) is 6.61 Å². The number of aromatic nitrogens is 1. The zero-order valence-corrected chi connectivity index (χ0v) is 6.47. The topological polar surface area (TPSA) is 45.9 Å². The highest BCUT2D eigenvalue weighted by atomic mass is 16.5. The molecule has 0 fully saturated rings. The van der Waals surface area contributed by atoms with Gasteiger partial charge in [0.15, 0.2) is 0 Å². The standard InChI is InChI=1S/C9H8N2O/c10-6-2-4-8-12-9-5-1-3-7-11-9/h1-5,7H,8H2/b4-2+. The molecule has 0 aromatic carbocycles. The minimum Gasteiger partial charge on any atom is -0.473 e. The summed E-state index contributed by atoms with van der Waals surface area (Å²) in [6, 6.07) is 7.30. The second kappa shape index (κ2) is 4.91. The number of hydrogen-bond acceptors (Lipinski definition) is 3. The summed E-state index contributed by atoms with van der Waals surface area (Å²) in [6.07, 6.45) is 4.67. The number of ether oxygens (including phenoxy) is 1. The van der Waals surface area contributed by atoms with Crippen LogP contribution in [0.25, 0.3) is 0 Å². The molecule has 0 spiro atoms. The predicted molar refractivity (Wildman–Crippen MR) is 44.5 cm³/mol. The lowest BCUT2D eigenvalue weighted by Crippen LogP contribution is -1.94. The number of pyridine rings is 1. The van der Waals surface area contributed by atoms with E-state index in [9.17, 15) is 0 Å². The minimum atomic E-state index is 0.380. The first-order valence-electron chi connectivity index (χ1n) is 3.52. The largest absolute Gasteiger partial charge is 0.473 e. The normalized spacial score (nSPS) is 9.58. The summed E-state index contributed by atoms with van der Waals surface area (Å²) in [5.41, 5.74) is 0. The van der Waals surface area contributed by atoms with E-state index in [0.29, 0.717) is 12.5 Å². The van der Waals surface area contributed by atoms with E-state index < -0.39 is 0 Å². The maximum Gasteiger partial charge on any atom is 0.213 e. The van der Waals surface area contributed by atoms with Crippen LogP contribution < -0.4 is 4.74 Å². The molecule has 1 rings (SSSR count). The molecule has 0 unspecified atom stereocenters. The Balaban J connectivity index is 2.35. The van der Waals surface area contributed by atoms with Crippen molar-refractivity contribution in [1.29, 1.82) is 5.26 Å². The Hall–Kier alpha value is -1.82. The van der Waals surface area contributed by atoms with E-state index in [4.69, 9.17) is 10.00 Å². The molecule has 0 bridgehead atoms. The van der Waals surface area contributed by atoms with Gasteiger partial charge in [-0.15, -0.1) is 0 Å². The second-order valence-corrected chi connectivity index (χ2v) is 2.01. The number of nitrogens with zero attached hydrogens (tertiary/aromatic N) is 2. The molecular formula is C9H8N2O. The molecule has 3 nitrogen and oxygen atoms in total. The lowest BCUT2D eigenvalue weighted by molar-refractivity contribution is 0.348. The van der Waals surface area contributed by atoms with Crippen molar-refractivity contribution in [3.63, 3.8) is 0 Å². The van der Waals surface area contributed by atoms with Crippen LogP contribution >= 0.6 is 0 Å². The van der Waals surface area contributed by atoms with Crippen LogP contribution in [0.5, 0.6) is 5.88 Å². The van der Waals surface area contributed by atoms with Crippen molar-refractivity contribution < 1.29 is 4.74 Å². The highest BCUT2D eigenvalue weighted by Gasteiger charge is 1.87. The fourth-order valence-electron chi connectivity index (χ4n) is 0.667. The minimum absolute atomic E-state index is 0.380. The number of rotatable bonds is 3. The van der Waals surface area contributed by atoms with Crippen LogP contribution in [0, 0.1) is 11.3 Å². The van der Waals surface area contributed by atoms with Crippen molar-refractivity contribution in [2.75, 3.05) is 6.61 Å². The summed E-state index contributed by atoms with van der Waals surface area (Å²) in [5, 5.41) is 8.16. The van der Waals surface area contributed by atoms with Gasteiger partial charge in [0, 0.05) is 18.3 Å². The van der Waals surface area contributed by atoms with Crippen molar-refractivity contribution in [3.05, 3.63) is 36.5 Å². The lowest BCUT2D eigenvalue weighted by Gasteiger charge is -1.98. The van der Waals surface area contributed by atoms with Gasteiger partial charge < -0.3 is 4.74 Å². The van der Waals surface area contributed by atoms with E-state index in [1.54, 1.807) is 18.3 Å². The molecule has 0 saturated carbocycles. The number of allylic oxidation sites excluding steroid dienone is 1. The molecule has 0 aliphatic rings. The van der Waals surface area contributed by atoms with Gasteiger partial charge in [-0.1, -0.05) is 6.07 Å². The maximum absolute atomic E-state index is 8.16. The third-order valence-corrected chi connectivity index (χ3v) is 1.16. The van der Waals surface area contributed by atoms with Crippen LogP contribution in [0.15, 0.2) is 36.5 Å². The van der Waals surface area contributed by atoms with Crippen molar-refractivity contribution in [2.45, 2.75) is 0 Å². The molecule has 1 aromatic heterocycles. The smallest absolute Gasteiger partial charge is 0.213 e. The Morgan fingerprint density at radius 3 is 3.17 bits per heavy atom. The Morgan fingerprint density at radius 2 is 2.50 bits per heavy atom. The summed E-state index contributed by atoms with van der Waals surface area (Å²) in [7, 11) is 0. The Labute approximate surface area is 70.9 Å².